The van der Waals surface area contributed by atoms with Gasteiger partial charge in [-0.1, -0.05) is 30.4 Å². The van der Waals surface area contributed by atoms with Gasteiger partial charge in [0.2, 0.25) is 0 Å². The van der Waals surface area contributed by atoms with E-state index in [-0.39, 0.29) is 0 Å². The van der Waals surface area contributed by atoms with E-state index >= 15 is 0 Å². The van der Waals surface area contributed by atoms with Gasteiger partial charge >= 0.3 is 0 Å². The summed E-state index contributed by atoms with van der Waals surface area (Å²) in [5.41, 5.74) is 10.8. The molecule has 2 nitrogen and oxygen atoms in total. The molecule has 1 aromatic heterocycles. The summed E-state index contributed by atoms with van der Waals surface area (Å²) in [6.45, 7) is 0. The van der Waals surface area contributed by atoms with Crippen molar-refractivity contribution < 1.29 is 0 Å². The van der Waals surface area contributed by atoms with Crippen molar-refractivity contribution in [2.45, 2.75) is 24.7 Å². The van der Waals surface area contributed by atoms with Crippen molar-refractivity contribution in [1.82, 2.24) is 4.98 Å². The van der Waals surface area contributed by atoms with Crippen LogP contribution in [0.1, 0.15) is 35.9 Å². The van der Waals surface area contributed by atoms with E-state index in [0.717, 1.165) is 16.6 Å². The molecular formula is C15H14N2. The number of anilines is 1. The Kier molecular flexibility index (Phi) is 1.68. The summed E-state index contributed by atoms with van der Waals surface area (Å²) in [5, 5.41) is 1.10. The Labute approximate surface area is 100 Å². The molecular weight excluding hydrogens is 208 g/mol. The first-order chi connectivity index (χ1) is 8.34. The number of nitrogen functional groups attached to an aromatic ring is 1. The fraction of sp³-hybridized carbons (Fsp3) is 0.267. The van der Waals surface area contributed by atoms with E-state index in [4.69, 9.17) is 10.7 Å². The van der Waals surface area contributed by atoms with Crippen LogP contribution in [0.25, 0.3) is 10.9 Å². The smallest absolute Gasteiger partial charge is 0.0726 e. The second kappa shape index (κ2) is 3.10. The molecule has 2 unspecified atom stereocenters. The van der Waals surface area contributed by atoms with Crippen LogP contribution in [0.15, 0.2) is 36.4 Å². The van der Waals surface area contributed by atoms with Crippen LogP contribution in [0, 0.1) is 0 Å². The van der Waals surface area contributed by atoms with E-state index in [1.54, 1.807) is 0 Å². The monoisotopic (exact) mass is 222 g/mol. The lowest BCUT2D eigenvalue weighted by Crippen LogP contribution is -2.20. The second-order valence-corrected chi connectivity index (χ2v) is 5.02. The quantitative estimate of drug-likeness (QED) is 0.694. The largest absolute Gasteiger partial charge is 0.398 e. The second-order valence-electron chi connectivity index (χ2n) is 5.02. The molecule has 2 atom stereocenters. The standard InChI is InChI=1S/C15H14N2/c16-14-11-3-1-2-4-12(11)17-15-10-7-5-9(6-8-10)13(14)15/h1-5,7,9-10H,6,8H2,(H2,16,17). The molecule has 0 radical (unpaired) electrons. The van der Waals surface area contributed by atoms with Crippen molar-refractivity contribution in [3.05, 3.63) is 47.7 Å². The summed E-state index contributed by atoms with van der Waals surface area (Å²) in [5.74, 6) is 0.981. The van der Waals surface area contributed by atoms with Gasteiger partial charge in [0.1, 0.15) is 0 Å². The highest BCUT2D eigenvalue weighted by molar-refractivity contribution is 5.93. The number of nitrogens with two attached hydrogens (primary N) is 1. The predicted molar refractivity (Wildman–Crippen MR) is 70.0 cm³/mol. The number of para-hydroxylation sites is 1. The Balaban J connectivity index is 2.12. The van der Waals surface area contributed by atoms with Crippen LogP contribution in [0.4, 0.5) is 5.69 Å². The molecule has 0 saturated heterocycles. The lowest BCUT2D eigenvalue weighted by molar-refractivity contribution is 0.543. The summed E-state index contributed by atoms with van der Waals surface area (Å²) < 4.78 is 0. The molecule has 2 aromatic rings. The summed E-state index contributed by atoms with van der Waals surface area (Å²) in [6, 6.07) is 8.18. The zero-order valence-electron chi connectivity index (χ0n) is 9.56. The van der Waals surface area contributed by atoms with Crippen LogP contribution < -0.4 is 5.73 Å². The third kappa shape index (κ3) is 1.13. The molecule has 2 heteroatoms. The zero-order chi connectivity index (χ0) is 11.4. The first kappa shape index (κ1) is 9.23. The third-order valence-electron chi connectivity index (χ3n) is 4.09. The van der Waals surface area contributed by atoms with Gasteiger partial charge in [0.05, 0.1) is 11.2 Å². The molecule has 5 rings (SSSR count). The van der Waals surface area contributed by atoms with Crippen molar-refractivity contribution in [3.8, 4) is 0 Å². The van der Waals surface area contributed by atoms with Crippen molar-refractivity contribution in [2.75, 3.05) is 5.73 Å². The molecule has 84 valence electrons. The summed E-state index contributed by atoms with van der Waals surface area (Å²) in [7, 11) is 0. The summed E-state index contributed by atoms with van der Waals surface area (Å²) in [4.78, 5) is 4.83. The summed E-state index contributed by atoms with van der Waals surface area (Å²) >= 11 is 0. The highest BCUT2D eigenvalue weighted by Gasteiger charge is 2.32. The molecule has 2 bridgehead atoms. The van der Waals surface area contributed by atoms with Gasteiger partial charge in [-0.3, -0.25) is 4.98 Å². The van der Waals surface area contributed by atoms with Crippen LogP contribution in [-0.4, -0.2) is 4.98 Å². The van der Waals surface area contributed by atoms with Gasteiger partial charge in [0.25, 0.3) is 0 Å². The van der Waals surface area contributed by atoms with Crippen molar-refractivity contribution in [3.63, 3.8) is 0 Å². The van der Waals surface area contributed by atoms with Gasteiger partial charge in [0.15, 0.2) is 0 Å². The first-order valence-electron chi connectivity index (χ1n) is 6.21. The van der Waals surface area contributed by atoms with Crippen LogP contribution in [0.5, 0.6) is 0 Å². The third-order valence-corrected chi connectivity index (χ3v) is 4.09. The molecule has 0 saturated carbocycles. The molecule has 2 N–H and O–H groups in total. The van der Waals surface area contributed by atoms with Gasteiger partial charge in [0, 0.05) is 28.5 Å². The fourth-order valence-electron chi connectivity index (χ4n) is 3.23. The van der Waals surface area contributed by atoms with E-state index < -0.39 is 0 Å². The molecule has 3 aliphatic rings. The summed E-state index contributed by atoms with van der Waals surface area (Å²) in [6.07, 6.45) is 7.05. The van der Waals surface area contributed by atoms with E-state index in [0.29, 0.717) is 11.8 Å². The first-order valence-corrected chi connectivity index (χ1v) is 6.21. The number of aromatic nitrogens is 1. The maximum Gasteiger partial charge on any atom is 0.0726 e. The van der Waals surface area contributed by atoms with E-state index in [9.17, 15) is 0 Å². The van der Waals surface area contributed by atoms with Gasteiger partial charge in [-0.15, -0.1) is 0 Å². The molecule has 1 aromatic carbocycles. The van der Waals surface area contributed by atoms with Crippen LogP contribution in [0.2, 0.25) is 0 Å². The number of hydrogen-bond donors (Lipinski definition) is 1. The van der Waals surface area contributed by atoms with E-state index in [1.807, 2.05) is 12.1 Å². The number of benzene rings is 1. The van der Waals surface area contributed by atoms with Crippen molar-refractivity contribution in [1.29, 1.82) is 0 Å². The Hall–Kier alpha value is -1.83. The molecule has 0 fully saturated rings. The number of hydrogen-bond acceptors (Lipinski definition) is 2. The van der Waals surface area contributed by atoms with Gasteiger partial charge in [-0.2, -0.15) is 0 Å². The minimum Gasteiger partial charge on any atom is -0.398 e. The average molecular weight is 222 g/mol. The van der Waals surface area contributed by atoms with Gasteiger partial charge in [-0.25, -0.2) is 0 Å². The van der Waals surface area contributed by atoms with Gasteiger partial charge < -0.3 is 5.73 Å². The number of rotatable bonds is 0. The molecule has 0 spiro atoms. The molecule has 17 heavy (non-hydrogen) atoms. The Morgan fingerprint density at radius 1 is 1.06 bits per heavy atom. The number of allylic oxidation sites excluding steroid dienone is 2. The Morgan fingerprint density at radius 2 is 1.82 bits per heavy atom. The Morgan fingerprint density at radius 3 is 2.65 bits per heavy atom. The normalized spacial score (nSPS) is 25.2. The lowest BCUT2D eigenvalue weighted by Gasteiger charge is -2.33. The highest BCUT2D eigenvalue weighted by atomic mass is 14.8. The van der Waals surface area contributed by atoms with Gasteiger partial charge in [-0.05, 0) is 18.9 Å². The topological polar surface area (TPSA) is 38.9 Å². The molecule has 0 amide bonds. The fourth-order valence-corrected chi connectivity index (χ4v) is 3.23. The lowest BCUT2D eigenvalue weighted by atomic mass is 9.73. The number of nitrogens with zero attached hydrogens (tertiary/aromatic N) is 1. The predicted octanol–water partition coefficient (Wildman–Crippen LogP) is 3.35. The Bertz CT molecular complexity index is 643. The average Bonchev–Trinajstić information content (AvgIpc) is 2.40. The zero-order valence-corrected chi connectivity index (χ0v) is 9.56. The maximum absolute atomic E-state index is 6.35. The molecule has 3 aliphatic carbocycles. The molecule has 1 heterocycles. The minimum atomic E-state index is 0.488. The molecule has 0 aliphatic heterocycles. The van der Waals surface area contributed by atoms with Crippen molar-refractivity contribution in [2.24, 2.45) is 0 Å². The van der Waals surface area contributed by atoms with Crippen LogP contribution in [-0.2, 0) is 0 Å². The maximum atomic E-state index is 6.35. The van der Waals surface area contributed by atoms with E-state index in [2.05, 4.69) is 24.3 Å². The van der Waals surface area contributed by atoms with Crippen LogP contribution >= 0.6 is 0 Å². The van der Waals surface area contributed by atoms with E-state index in [1.165, 1.54) is 24.1 Å². The SMILES string of the molecule is Nc1c2c(nc3ccccc13)C1C=CC2CC1. The van der Waals surface area contributed by atoms with Crippen molar-refractivity contribution >= 4 is 16.6 Å². The number of pyridine rings is 1. The minimum absolute atomic E-state index is 0.488. The highest BCUT2D eigenvalue weighted by Crippen LogP contribution is 2.47. The number of fused-ring (bicyclic) bond motifs is 2. The van der Waals surface area contributed by atoms with Crippen LogP contribution in [0.3, 0.4) is 0 Å².